The average molecular weight is 479 g/mol. The van der Waals surface area contributed by atoms with Crippen LogP contribution in [0, 0.1) is 6.92 Å². The van der Waals surface area contributed by atoms with Gasteiger partial charge in [0.1, 0.15) is 5.69 Å². The number of anilines is 4. The molecular weight excluding hydrogens is 452 g/mol. The van der Waals surface area contributed by atoms with E-state index < -0.39 is 9.84 Å². The first kappa shape index (κ1) is 22.3. The molecule has 4 heterocycles. The van der Waals surface area contributed by atoms with Crippen LogP contribution in [-0.4, -0.2) is 48.5 Å². The number of nitrogens with one attached hydrogen (secondary N) is 2. The number of hydrogen-bond acceptors (Lipinski definition) is 9. The van der Waals surface area contributed by atoms with Crippen molar-refractivity contribution in [2.75, 3.05) is 34.9 Å². The molecule has 0 fully saturated rings. The Morgan fingerprint density at radius 3 is 2.68 bits per heavy atom. The van der Waals surface area contributed by atoms with Crippen molar-refractivity contribution in [3.05, 3.63) is 64.7 Å². The Balaban J connectivity index is 1.34. The lowest BCUT2D eigenvalue weighted by Gasteiger charge is -2.32. The zero-order valence-corrected chi connectivity index (χ0v) is 19.9. The maximum Gasteiger partial charge on any atom is 0.227 e. The third-order valence-electron chi connectivity index (χ3n) is 6.16. The number of carbonyl (C=O) groups excluding carboxylic acids is 1. The van der Waals surface area contributed by atoms with Crippen LogP contribution in [0.2, 0.25) is 0 Å². The number of Topliss-reactive ketones (excluding diaryl/α,β-unsaturated/α-hetero) is 1. The summed E-state index contributed by atoms with van der Waals surface area (Å²) in [6.07, 6.45) is 6.17. The van der Waals surface area contributed by atoms with Gasteiger partial charge in [-0.15, -0.1) is 0 Å². The van der Waals surface area contributed by atoms with Crippen LogP contribution in [0.4, 0.5) is 23.0 Å². The van der Waals surface area contributed by atoms with Crippen molar-refractivity contribution in [1.82, 2.24) is 15.0 Å². The fourth-order valence-electron chi connectivity index (χ4n) is 4.44. The molecule has 0 atom stereocenters. The average Bonchev–Trinajstić information content (AvgIpc) is 2.80. The van der Waals surface area contributed by atoms with Crippen LogP contribution in [0.25, 0.3) is 0 Å². The predicted molar refractivity (Wildman–Crippen MR) is 131 cm³/mol. The SMILES string of the molecule is Cc1c(N2CCc3cnc(Nc4ccc(CS(C)(=O)=O)cc4)nc3C2)cnc2c1NCCC2=O. The molecule has 2 aliphatic rings. The van der Waals surface area contributed by atoms with Crippen molar-refractivity contribution in [3.63, 3.8) is 0 Å². The summed E-state index contributed by atoms with van der Waals surface area (Å²) in [5.74, 6) is 0.586. The summed E-state index contributed by atoms with van der Waals surface area (Å²) in [6.45, 7) is 4.10. The van der Waals surface area contributed by atoms with Crippen molar-refractivity contribution in [3.8, 4) is 0 Å². The Kier molecular flexibility index (Phi) is 5.68. The highest BCUT2D eigenvalue weighted by atomic mass is 32.2. The second kappa shape index (κ2) is 8.68. The van der Waals surface area contributed by atoms with Crippen LogP contribution in [0.5, 0.6) is 0 Å². The van der Waals surface area contributed by atoms with E-state index in [9.17, 15) is 13.2 Å². The number of pyridine rings is 1. The summed E-state index contributed by atoms with van der Waals surface area (Å²) in [5.41, 5.74) is 6.98. The maximum absolute atomic E-state index is 12.2. The van der Waals surface area contributed by atoms with E-state index in [4.69, 9.17) is 4.98 Å². The molecule has 34 heavy (non-hydrogen) atoms. The van der Waals surface area contributed by atoms with Gasteiger partial charge in [-0.25, -0.2) is 23.4 Å². The van der Waals surface area contributed by atoms with E-state index in [0.29, 0.717) is 31.2 Å². The first-order chi connectivity index (χ1) is 16.3. The quantitative estimate of drug-likeness (QED) is 0.570. The number of fused-ring (bicyclic) bond motifs is 2. The molecule has 0 saturated heterocycles. The summed E-state index contributed by atoms with van der Waals surface area (Å²) in [6, 6.07) is 7.22. The normalized spacial score (nSPS) is 15.4. The molecule has 9 nitrogen and oxygen atoms in total. The summed E-state index contributed by atoms with van der Waals surface area (Å²) >= 11 is 0. The fraction of sp³-hybridized carbons (Fsp3) is 0.333. The second-order valence-corrected chi connectivity index (χ2v) is 11.0. The molecule has 176 valence electrons. The number of sulfone groups is 1. The topological polar surface area (TPSA) is 117 Å². The Bertz CT molecular complexity index is 1370. The minimum absolute atomic E-state index is 0.0130. The molecule has 0 radical (unpaired) electrons. The van der Waals surface area contributed by atoms with Gasteiger partial charge >= 0.3 is 0 Å². The molecule has 0 spiro atoms. The van der Waals surface area contributed by atoms with Gasteiger partial charge in [-0.3, -0.25) is 4.79 Å². The highest BCUT2D eigenvalue weighted by molar-refractivity contribution is 7.89. The van der Waals surface area contributed by atoms with Crippen molar-refractivity contribution < 1.29 is 13.2 Å². The Labute approximate surface area is 198 Å². The van der Waals surface area contributed by atoms with Gasteiger partial charge in [0.25, 0.3) is 0 Å². The highest BCUT2D eigenvalue weighted by Crippen LogP contribution is 2.33. The first-order valence-corrected chi connectivity index (χ1v) is 13.2. The summed E-state index contributed by atoms with van der Waals surface area (Å²) in [5, 5.41) is 6.54. The van der Waals surface area contributed by atoms with Crippen LogP contribution >= 0.6 is 0 Å². The fourth-order valence-corrected chi connectivity index (χ4v) is 5.24. The largest absolute Gasteiger partial charge is 0.382 e. The zero-order chi connectivity index (χ0) is 23.9. The molecule has 0 saturated carbocycles. The number of ketones is 1. The lowest BCUT2D eigenvalue weighted by molar-refractivity contribution is 0.0978. The van der Waals surface area contributed by atoms with E-state index in [1.165, 1.54) is 6.26 Å². The van der Waals surface area contributed by atoms with Crippen LogP contribution in [0.15, 0.2) is 36.7 Å². The smallest absolute Gasteiger partial charge is 0.227 e. The molecule has 0 unspecified atom stereocenters. The molecule has 0 aliphatic carbocycles. The van der Waals surface area contributed by atoms with Gasteiger partial charge in [-0.05, 0) is 42.2 Å². The standard InChI is InChI=1S/C24H26N6O3S/c1-15-20(12-26-23-21(31)7-9-25-22(15)23)30-10-8-17-11-27-24(29-19(17)13-30)28-18-5-3-16(4-6-18)14-34(2,32)33/h3-6,11-12,25H,7-10,13-14H2,1-2H3,(H,27,28,29). The molecule has 1 aromatic carbocycles. The molecule has 2 aromatic heterocycles. The van der Waals surface area contributed by atoms with Gasteiger partial charge in [0.2, 0.25) is 5.95 Å². The summed E-state index contributed by atoms with van der Waals surface area (Å²) in [7, 11) is -3.07. The number of benzene rings is 1. The lowest BCUT2D eigenvalue weighted by atomic mass is 10.0. The Morgan fingerprint density at radius 1 is 1.12 bits per heavy atom. The van der Waals surface area contributed by atoms with Crippen LogP contribution in [-0.2, 0) is 28.6 Å². The molecular formula is C24H26N6O3S. The number of aromatic nitrogens is 3. The first-order valence-electron chi connectivity index (χ1n) is 11.2. The van der Waals surface area contributed by atoms with E-state index in [0.717, 1.165) is 52.4 Å². The van der Waals surface area contributed by atoms with Gasteiger partial charge in [-0.2, -0.15) is 0 Å². The molecule has 0 bridgehead atoms. The van der Waals surface area contributed by atoms with E-state index in [2.05, 4.69) is 25.5 Å². The predicted octanol–water partition coefficient (Wildman–Crippen LogP) is 3.03. The Morgan fingerprint density at radius 2 is 1.91 bits per heavy atom. The van der Waals surface area contributed by atoms with Crippen LogP contribution in [0.1, 0.15) is 39.3 Å². The molecule has 3 aromatic rings. The number of nitrogens with zero attached hydrogens (tertiary/aromatic N) is 4. The minimum Gasteiger partial charge on any atom is -0.382 e. The van der Waals surface area contributed by atoms with E-state index in [1.807, 2.05) is 25.3 Å². The summed E-state index contributed by atoms with van der Waals surface area (Å²) in [4.78, 5) is 28.1. The molecule has 2 N–H and O–H groups in total. The third-order valence-corrected chi connectivity index (χ3v) is 7.01. The summed E-state index contributed by atoms with van der Waals surface area (Å²) < 4.78 is 23.0. The van der Waals surface area contributed by atoms with E-state index in [-0.39, 0.29) is 11.5 Å². The minimum atomic E-state index is -3.07. The van der Waals surface area contributed by atoms with E-state index >= 15 is 0 Å². The van der Waals surface area contributed by atoms with Gasteiger partial charge in [0.05, 0.1) is 35.6 Å². The number of rotatable bonds is 5. The second-order valence-electron chi connectivity index (χ2n) is 8.82. The number of carbonyl (C=O) groups is 1. The molecule has 2 aliphatic heterocycles. The number of hydrogen-bond donors (Lipinski definition) is 2. The maximum atomic E-state index is 12.2. The van der Waals surface area contributed by atoms with Crippen LogP contribution < -0.4 is 15.5 Å². The van der Waals surface area contributed by atoms with Gasteiger partial charge in [0.15, 0.2) is 15.6 Å². The molecule has 10 heteroatoms. The zero-order valence-electron chi connectivity index (χ0n) is 19.1. The molecule has 0 amide bonds. The Hall–Kier alpha value is -3.53. The van der Waals surface area contributed by atoms with Crippen molar-refractivity contribution in [1.29, 1.82) is 0 Å². The van der Waals surface area contributed by atoms with Crippen molar-refractivity contribution in [2.45, 2.75) is 32.1 Å². The van der Waals surface area contributed by atoms with Crippen molar-refractivity contribution in [2.24, 2.45) is 0 Å². The molecule has 5 rings (SSSR count). The third kappa shape index (κ3) is 4.58. The van der Waals surface area contributed by atoms with Crippen molar-refractivity contribution >= 4 is 38.6 Å². The monoisotopic (exact) mass is 478 g/mol. The van der Waals surface area contributed by atoms with E-state index in [1.54, 1.807) is 18.3 Å². The highest BCUT2D eigenvalue weighted by Gasteiger charge is 2.25. The van der Waals surface area contributed by atoms with Gasteiger partial charge in [-0.1, -0.05) is 12.1 Å². The van der Waals surface area contributed by atoms with Gasteiger partial charge in [0, 0.05) is 37.7 Å². The lowest BCUT2D eigenvalue weighted by Crippen LogP contribution is -2.33. The van der Waals surface area contributed by atoms with Crippen LogP contribution in [0.3, 0.4) is 0 Å². The van der Waals surface area contributed by atoms with Gasteiger partial charge < -0.3 is 15.5 Å².